The highest BCUT2D eigenvalue weighted by Gasteiger charge is 2.48. The fourth-order valence-corrected chi connectivity index (χ4v) is 1.24. The summed E-state index contributed by atoms with van der Waals surface area (Å²) in [5.74, 6) is -3.63. The molecule has 1 fully saturated rings. The molecule has 1 amide bonds. The summed E-state index contributed by atoms with van der Waals surface area (Å²) in [6.45, 7) is 0.0796. The number of amides is 1. The maximum atomic E-state index is 12.3. The molecule has 74 valence electrons. The van der Waals surface area contributed by atoms with Crippen LogP contribution in [0.4, 0.5) is 8.78 Å². The first-order valence-corrected chi connectivity index (χ1v) is 4.25. The second kappa shape index (κ2) is 3.53. The highest BCUT2D eigenvalue weighted by molar-refractivity contribution is 7.80. The summed E-state index contributed by atoms with van der Waals surface area (Å²) < 4.78 is 24.6. The summed E-state index contributed by atoms with van der Waals surface area (Å²) >= 11 is 4.51. The minimum absolute atomic E-state index is 0.0796. The molecule has 13 heavy (non-hydrogen) atoms. The van der Waals surface area contributed by atoms with Crippen LogP contribution >= 0.6 is 12.2 Å². The van der Waals surface area contributed by atoms with Crippen molar-refractivity contribution in [2.24, 2.45) is 11.7 Å². The molecular formula is C7H10F2N2OS. The molecule has 1 saturated carbocycles. The third-order valence-corrected chi connectivity index (χ3v) is 2.04. The van der Waals surface area contributed by atoms with Gasteiger partial charge >= 0.3 is 0 Å². The average Bonchev–Trinajstić information content (AvgIpc) is 1.95. The van der Waals surface area contributed by atoms with Crippen molar-refractivity contribution in [3.8, 4) is 0 Å². The molecule has 0 atom stereocenters. The predicted octanol–water partition coefficient (Wildman–Crippen LogP) is 0.434. The average molecular weight is 208 g/mol. The lowest BCUT2D eigenvalue weighted by Crippen LogP contribution is -2.46. The normalized spacial score (nSPS) is 20.5. The van der Waals surface area contributed by atoms with Gasteiger partial charge in [-0.15, -0.1) is 0 Å². The zero-order valence-corrected chi connectivity index (χ0v) is 7.66. The number of hydrogen-bond acceptors (Lipinski definition) is 2. The van der Waals surface area contributed by atoms with Gasteiger partial charge in [0, 0.05) is 18.8 Å². The van der Waals surface area contributed by atoms with Crippen molar-refractivity contribution in [3.63, 3.8) is 0 Å². The van der Waals surface area contributed by atoms with Crippen molar-refractivity contribution in [2.45, 2.75) is 18.8 Å². The fourth-order valence-electron chi connectivity index (χ4n) is 1.17. The van der Waals surface area contributed by atoms with E-state index in [0.717, 1.165) is 0 Å². The van der Waals surface area contributed by atoms with E-state index in [1.54, 1.807) is 0 Å². The first-order valence-electron chi connectivity index (χ1n) is 3.84. The first kappa shape index (κ1) is 10.3. The molecule has 0 heterocycles. The lowest BCUT2D eigenvalue weighted by Gasteiger charge is -2.33. The zero-order chi connectivity index (χ0) is 10.1. The lowest BCUT2D eigenvalue weighted by atomic mass is 9.81. The minimum atomic E-state index is -2.66. The molecule has 0 unspecified atom stereocenters. The van der Waals surface area contributed by atoms with Crippen molar-refractivity contribution >= 4 is 23.1 Å². The van der Waals surface area contributed by atoms with E-state index in [0.29, 0.717) is 0 Å². The highest BCUT2D eigenvalue weighted by atomic mass is 32.1. The number of hydrogen-bond donors (Lipinski definition) is 2. The molecule has 0 saturated heterocycles. The van der Waals surface area contributed by atoms with Crippen LogP contribution in [0, 0.1) is 5.92 Å². The number of halogens is 2. The van der Waals surface area contributed by atoms with Gasteiger partial charge in [0.1, 0.15) is 0 Å². The number of carbonyl (C=O) groups excluding carboxylic acids is 1. The van der Waals surface area contributed by atoms with E-state index < -0.39 is 17.7 Å². The second-order valence-corrected chi connectivity index (χ2v) is 3.67. The van der Waals surface area contributed by atoms with Crippen molar-refractivity contribution < 1.29 is 13.6 Å². The Bertz CT molecular complexity index is 237. The Balaban J connectivity index is 2.23. The van der Waals surface area contributed by atoms with Crippen molar-refractivity contribution in [1.29, 1.82) is 0 Å². The molecule has 6 heteroatoms. The third-order valence-electron chi connectivity index (χ3n) is 1.90. The molecule has 3 nitrogen and oxygen atoms in total. The van der Waals surface area contributed by atoms with Crippen LogP contribution in [0.3, 0.4) is 0 Å². The summed E-state index contributed by atoms with van der Waals surface area (Å²) in [6.07, 6.45) is -0.730. The molecule has 0 aromatic rings. The Morgan fingerprint density at radius 1 is 1.62 bits per heavy atom. The second-order valence-electron chi connectivity index (χ2n) is 3.15. The summed E-state index contributed by atoms with van der Waals surface area (Å²) in [6, 6.07) is 0. The summed E-state index contributed by atoms with van der Waals surface area (Å²) in [4.78, 5) is 11.2. The number of thiocarbonyl (C=S) groups is 1. The smallest absolute Gasteiger partial charge is 0.249 e. The predicted molar refractivity (Wildman–Crippen MR) is 47.5 cm³/mol. The van der Waals surface area contributed by atoms with E-state index in [2.05, 4.69) is 17.5 Å². The van der Waals surface area contributed by atoms with Gasteiger partial charge in [-0.25, -0.2) is 8.78 Å². The van der Waals surface area contributed by atoms with Crippen molar-refractivity contribution in [3.05, 3.63) is 0 Å². The van der Waals surface area contributed by atoms with Crippen LogP contribution in [0.2, 0.25) is 0 Å². The Labute approximate surface area is 79.7 Å². The van der Waals surface area contributed by atoms with Gasteiger partial charge in [-0.1, -0.05) is 12.2 Å². The maximum Gasteiger partial charge on any atom is 0.249 e. The maximum absolute atomic E-state index is 12.3. The number of alkyl halides is 2. The molecule has 0 aromatic carbocycles. The van der Waals surface area contributed by atoms with E-state index >= 15 is 0 Å². The molecule has 0 spiro atoms. The van der Waals surface area contributed by atoms with Gasteiger partial charge in [-0.3, -0.25) is 4.79 Å². The van der Waals surface area contributed by atoms with Gasteiger partial charge in [0.2, 0.25) is 11.8 Å². The lowest BCUT2D eigenvalue weighted by molar-refractivity contribution is -0.149. The summed E-state index contributed by atoms with van der Waals surface area (Å²) in [7, 11) is 0. The largest absolute Gasteiger partial charge is 0.392 e. The minimum Gasteiger partial charge on any atom is -0.392 e. The molecule has 0 bridgehead atoms. The van der Waals surface area contributed by atoms with E-state index in [-0.39, 0.29) is 24.4 Å². The summed E-state index contributed by atoms with van der Waals surface area (Å²) in [5, 5.41) is 2.38. The molecule has 1 rings (SSSR count). The summed E-state index contributed by atoms with van der Waals surface area (Å²) in [5.41, 5.74) is 5.12. The van der Waals surface area contributed by atoms with Crippen LogP contribution in [0.1, 0.15) is 12.8 Å². The number of rotatable bonds is 3. The van der Waals surface area contributed by atoms with Crippen LogP contribution in [0.5, 0.6) is 0 Å². The molecule has 1 aliphatic rings. The van der Waals surface area contributed by atoms with Crippen LogP contribution in [-0.2, 0) is 4.79 Å². The number of carbonyl (C=O) groups is 1. The SMILES string of the molecule is NC(=S)CNC(=O)C1CC(F)(F)C1. The van der Waals surface area contributed by atoms with Crippen LogP contribution in [-0.4, -0.2) is 23.4 Å². The van der Waals surface area contributed by atoms with Crippen molar-refractivity contribution in [2.75, 3.05) is 6.54 Å². The van der Waals surface area contributed by atoms with Gasteiger partial charge in [0.15, 0.2) is 0 Å². The Hall–Kier alpha value is -0.780. The molecule has 0 aliphatic heterocycles. The van der Waals surface area contributed by atoms with Gasteiger partial charge in [0.25, 0.3) is 0 Å². The van der Waals surface area contributed by atoms with E-state index in [1.807, 2.05) is 0 Å². The first-order chi connectivity index (χ1) is 5.91. The van der Waals surface area contributed by atoms with Gasteiger partial charge in [-0.2, -0.15) is 0 Å². The van der Waals surface area contributed by atoms with Crippen molar-refractivity contribution in [1.82, 2.24) is 5.32 Å². The van der Waals surface area contributed by atoms with Gasteiger partial charge in [-0.05, 0) is 0 Å². The Morgan fingerprint density at radius 3 is 2.54 bits per heavy atom. The molecular weight excluding hydrogens is 198 g/mol. The number of nitrogens with one attached hydrogen (secondary N) is 1. The Morgan fingerprint density at radius 2 is 2.15 bits per heavy atom. The fraction of sp³-hybridized carbons (Fsp3) is 0.714. The van der Waals surface area contributed by atoms with Crippen LogP contribution < -0.4 is 11.1 Å². The van der Waals surface area contributed by atoms with Gasteiger partial charge in [0.05, 0.1) is 11.5 Å². The molecule has 0 aromatic heterocycles. The molecule has 3 N–H and O–H groups in total. The topological polar surface area (TPSA) is 55.1 Å². The quantitative estimate of drug-likeness (QED) is 0.661. The monoisotopic (exact) mass is 208 g/mol. The molecule has 0 radical (unpaired) electrons. The highest BCUT2D eigenvalue weighted by Crippen LogP contribution is 2.42. The standard InChI is InChI=1S/C7H10F2N2OS/c8-7(9)1-4(2-7)6(12)11-3-5(10)13/h4H,1-3H2,(H2,10,13)(H,11,12). The van der Waals surface area contributed by atoms with E-state index in [4.69, 9.17) is 5.73 Å². The van der Waals surface area contributed by atoms with Gasteiger partial charge < -0.3 is 11.1 Å². The van der Waals surface area contributed by atoms with Crippen LogP contribution in [0.15, 0.2) is 0 Å². The molecule has 1 aliphatic carbocycles. The van der Waals surface area contributed by atoms with Crippen LogP contribution in [0.25, 0.3) is 0 Å². The zero-order valence-electron chi connectivity index (χ0n) is 6.85. The number of nitrogens with two attached hydrogens (primary N) is 1. The third kappa shape index (κ3) is 2.87. The Kier molecular flexibility index (Phi) is 2.80. The van der Waals surface area contributed by atoms with E-state index in [1.165, 1.54) is 0 Å². The van der Waals surface area contributed by atoms with E-state index in [9.17, 15) is 13.6 Å².